The normalized spacial score (nSPS) is 26.3. The Kier molecular flexibility index (Phi) is 15.7. The topological polar surface area (TPSA) is 49.4 Å². The molecule has 0 spiro atoms. The molecule has 0 aromatic heterocycles. The molecule has 0 radical (unpaired) electrons. The van der Waals surface area contributed by atoms with Gasteiger partial charge >= 0.3 is 0 Å². The van der Waals surface area contributed by atoms with E-state index in [0.717, 1.165) is 11.5 Å². The van der Waals surface area contributed by atoms with E-state index in [1.165, 1.54) is 0 Å². The Morgan fingerprint density at radius 3 is 2.32 bits per heavy atom. The summed E-state index contributed by atoms with van der Waals surface area (Å²) < 4.78 is 0. The molecule has 2 fully saturated rings. The molecule has 116 valence electrons. The number of Topliss-reactive ketones (excluding diaryl/α,β-unsaturated/α-hetero) is 1. The van der Waals surface area contributed by atoms with Crippen LogP contribution >= 0.6 is 75.6 Å². The first-order valence-electron chi connectivity index (χ1n) is 5.01. The fourth-order valence-electron chi connectivity index (χ4n) is 1.75. The van der Waals surface area contributed by atoms with Crippen molar-refractivity contribution < 1.29 is 9.59 Å². The minimum atomic E-state index is -0.213. The van der Waals surface area contributed by atoms with Gasteiger partial charge in [0, 0.05) is 17.9 Å². The lowest BCUT2D eigenvalue weighted by molar-refractivity contribution is -0.136. The maximum atomic E-state index is 11.8. The van der Waals surface area contributed by atoms with Gasteiger partial charge in [-0.15, -0.1) is 0 Å². The molecule has 0 bridgehead atoms. The second kappa shape index (κ2) is 11.8. The lowest BCUT2D eigenvalue weighted by Gasteiger charge is -2.24. The van der Waals surface area contributed by atoms with E-state index in [-0.39, 0.29) is 77.8 Å². The zero-order valence-electron chi connectivity index (χ0n) is 10.6. The van der Waals surface area contributed by atoms with Crippen LogP contribution in [0.2, 0.25) is 0 Å². The predicted molar refractivity (Wildman–Crippen MR) is 104 cm³/mol. The van der Waals surface area contributed by atoms with Gasteiger partial charge in [0.2, 0.25) is 5.91 Å². The molecule has 10 heteroatoms. The highest BCUT2D eigenvalue weighted by molar-refractivity contribution is 8.76. The van der Waals surface area contributed by atoms with Crippen LogP contribution in [0.15, 0.2) is 0 Å². The molecular formula is C9H22N2O2S6. The summed E-state index contributed by atoms with van der Waals surface area (Å²) in [6.07, 6.45) is 0.584. The molecule has 2 unspecified atom stereocenters. The van der Waals surface area contributed by atoms with Gasteiger partial charge in [0.25, 0.3) is 0 Å². The van der Waals surface area contributed by atoms with Gasteiger partial charge in [-0.05, 0) is 6.92 Å². The molecule has 2 rings (SSSR count). The molecule has 2 heterocycles. The van der Waals surface area contributed by atoms with Crippen LogP contribution in [0.5, 0.6) is 0 Å². The van der Waals surface area contributed by atoms with Crippen LogP contribution < -0.4 is 5.32 Å². The SMILES string of the molecule is CC1NCN(C2CSSCCC2=O)C1=O.S.S.S.S. The van der Waals surface area contributed by atoms with E-state index in [1.54, 1.807) is 26.5 Å². The number of hydrogen-bond acceptors (Lipinski definition) is 5. The summed E-state index contributed by atoms with van der Waals surface area (Å²) in [7, 11) is 3.41. The highest BCUT2D eigenvalue weighted by atomic mass is 33.1. The lowest BCUT2D eigenvalue weighted by Crippen LogP contribution is -2.44. The van der Waals surface area contributed by atoms with E-state index < -0.39 is 0 Å². The van der Waals surface area contributed by atoms with Crippen molar-refractivity contribution in [2.24, 2.45) is 0 Å². The Morgan fingerprint density at radius 2 is 1.79 bits per heavy atom. The summed E-state index contributed by atoms with van der Waals surface area (Å²) in [6, 6.07) is -0.353. The molecule has 1 N–H and O–H groups in total. The van der Waals surface area contributed by atoms with Crippen molar-refractivity contribution in [2.45, 2.75) is 25.4 Å². The summed E-state index contributed by atoms with van der Waals surface area (Å²) in [4.78, 5) is 25.2. The third-order valence-corrected chi connectivity index (χ3v) is 5.11. The van der Waals surface area contributed by atoms with Crippen LogP contribution in [-0.2, 0) is 9.59 Å². The molecule has 0 saturated carbocycles. The van der Waals surface area contributed by atoms with Gasteiger partial charge in [0.05, 0.1) is 12.7 Å². The second-order valence-corrected chi connectivity index (χ2v) is 6.36. The van der Waals surface area contributed by atoms with Gasteiger partial charge < -0.3 is 4.90 Å². The van der Waals surface area contributed by atoms with Crippen LogP contribution in [0.1, 0.15) is 13.3 Å². The van der Waals surface area contributed by atoms with E-state index in [4.69, 9.17) is 0 Å². The molecule has 1 amide bonds. The summed E-state index contributed by atoms with van der Waals surface area (Å²) in [5.74, 6) is 1.85. The molecule has 2 aliphatic heterocycles. The number of ketones is 1. The zero-order valence-corrected chi connectivity index (χ0v) is 16.2. The van der Waals surface area contributed by atoms with Gasteiger partial charge in [-0.25, -0.2) is 0 Å². The molecule has 0 aliphatic carbocycles. The van der Waals surface area contributed by atoms with Crippen LogP contribution in [0.4, 0.5) is 0 Å². The Bertz CT molecular complexity index is 294. The van der Waals surface area contributed by atoms with Crippen molar-refractivity contribution >= 4 is 87.3 Å². The minimum absolute atomic E-state index is 0. The third kappa shape index (κ3) is 6.23. The number of carbonyl (C=O) groups is 2. The maximum Gasteiger partial charge on any atom is 0.241 e. The Hall–Kier alpha value is 1.20. The molecule has 2 atom stereocenters. The largest absolute Gasteiger partial charge is 0.318 e. The summed E-state index contributed by atoms with van der Waals surface area (Å²) in [6.45, 7) is 2.35. The highest BCUT2D eigenvalue weighted by Gasteiger charge is 2.36. The van der Waals surface area contributed by atoms with Crippen molar-refractivity contribution in [1.82, 2.24) is 10.2 Å². The van der Waals surface area contributed by atoms with Crippen LogP contribution in [0, 0.1) is 0 Å². The fraction of sp³-hybridized carbons (Fsp3) is 0.778. The lowest BCUT2D eigenvalue weighted by atomic mass is 10.1. The average molecular weight is 383 g/mol. The zero-order chi connectivity index (χ0) is 10.8. The van der Waals surface area contributed by atoms with E-state index in [9.17, 15) is 9.59 Å². The van der Waals surface area contributed by atoms with Crippen LogP contribution in [0.3, 0.4) is 0 Å². The number of hydrogen-bond donors (Lipinski definition) is 1. The Morgan fingerprint density at radius 1 is 1.16 bits per heavy atom. The monoisotopic (exact) mass is 382 g/mol. The van der Waals surface area contributed by atoms with Crippen LogP contribution in [-0.4, -0.2) is 46.8 Å². The maximum absolute atomic E-state index is 11.8. The quantitative estimate of drug-likeness (QED) is 0.684. The summed E-state index contributed by atoms with van der Waals surface area (Å²) in [5.41, 5.74) is 0. The number of nitrogens with zero attached hydrogens (tertiary/aromatic N) is 1. The van der Waals surface area contributed by atoms with Gasteiger partial charge in [0.1, 0.15) is 6.04 Å². The van der Waals surface area contributed by atoms with Gasteiger partial charge in [-0.2, -0.15) is 54.0 Å². The van der Waals surface area contributed by atoms with Crippen molar-refractivity contribution in [2.75, 3.05) is 18.2 Å². The van der Waals surface area contributed by atoms with Gasteiger partial charge in [-0.1, -0.05) is 21.6 Å². The molecule has 19 heavy (non-hydrogen) atoms. The van der Waals surface area contributed by atoms with Crippen LogP contribution in [0.25, 0.3) is 0 Å². The fourth-order valence-corrected chi connectivity index (χ4v) is 4.02. The molecule has 0 aromatic rings. The standard InChI is InChI=1S/C9H14N2O2S2.4H2S/c1-6-9(13)11(5-10-6)7-4-15-14-3-2-8(7)12;;;;/h6-7,10H,2-5H2,1H3;4*1H2. The molecule has 2 saturated heterocycles. The third-order valence-electron chi connectivity index (χ3n) is 2.71. The Labute approximate surface area is 150 Å². The van der Waals surface area contributed by atoms with Crippen molar-refractivity contribution in [3.8, 4) is 0 Å². The van der Waals surface area contributed by atoms with Crippen molar-refractivity contribution in [1.29, 1.82) is 0 Å². The molecule has 2 aliphatic rings. The number of carbonyl (C=O) groups excluding carboxylic acids is 2. The average Bonchev–Trinajstić information content (AvgIpc) is 2.43. The first-order valence-corrected chi connectivity index (χ1v) is 7.50. The smallest absolute Gasteiger partial charge is 0.241 e. The predicted octanol–water partition coefficient (Wildman–Crippen LogP) is 0.938. The van der Waals surface area contributed by atoms with E-state index in [1.807, 2.05) is 6.92 Å². The molecular weight excluding hydrogens is 361 g/mol. The number of rotatable bonds is 1. The molecule has 0 aromatic carbocycles. The first kappa shape index (κ1) is 25.2. The Balaban J connectivity index is -0.000000640. The van der Waals surface area contributed by atoms with E-state index in [2.05, 4.69) is 5.32 Å². The molecule has 4 nitrogen and oxygen atoms in total. The van der Waals surface area contributed by atoms with E-state index in [0.29, 0.717) is 13.1 Å². The first-order chi connectivity index (χ1) is 7.20. The highest BCUT2D eigenvalue weighted by Crippen LogP contribution is 2.29. The van der Waals surface area contributed by atoms with Gasteiger partial charge in [-0.3, -0.25) is 14.9 Å². The van der Waals surface area contributed by atoms with Crippen molar-refractivity contribution in [3.63, 3.8) is 0 Å². The number of amides is 1. The number of nitrogens with one attached hydrogen (secondary N) is 1. The summed E-state index contributed by atoms with van der Waals surface area (Å²) >= 11 is 0. The summed E-state index contributed by atoms with van der Waals surface area (Å²) in [5, 5.41) is 3.07. The minimum Gasteiger partial charge on any atom is -0.318 e. The van der Waals surface area contributed by atoms with Crippen molar-refractivity contribution in [3.05, 3.63) is 0 Å². The second-order valence-electron chi connectivity index (χ2n) is 3.73. The van der Waals surface area contributed by atoms with Gasteiger partial charge in [0.15, 0.2) is 5.78 Å². The van der Waals surface area contributed by atoms with E-state index >= 15 is 0 Å².